The SMILES string of the molecule is Cc1cccc(C(=O)N(C[C@H](C)C(=O)O)C2CC2)c1. The van der Waals surface area contributed by atoms with Gasteiger partial charge < -0.3 is 10.0 Å². The summed E-state index contributed by atoms with van der Waals surface area (Å²) in [6.07, 6.45) is 1.95. The molecule has 4 heteroatoms. The van der Waals surface area contributed by atoms with Crippen LogP contribution in [0.3, 0.4) is 0 Å². The van der Waals surface area contributed by atoms with Crippen LogP contribution in [0.1, 0.15) is 35.7 Å². The Bertz CT molecular complexity index is 494. The maximum Gasteiger partial charge on any atom is 0.308 e. The molecule has 0 radical (unpaired) electrons. The first-order valence-corrected chi connectivity index (χ1v) is 6.59. The summed E-state index contributed by atoms with van der Waals surface area (Å²) in [5, 5.41) is 8.99. The Hall–Kier alpha value is -1.84. The van der Waals surface area contributed by atoms with Crippen LogP contribution in [-0.2, 0) is 4.79 Å². The lowest BCUT2D eigenvalue weighted by Crippen LogP contribution is -2.38. The average Bonchev–Trinajstić information content (AvgIpc) is 3.19. The molecular formula is C15H19NO3. The molecule has 2 rings (SSSR count). The fourth-order valence-corrected chi connectivity index (χ4v) is 2.10. The van der Waals surface area contributed by atoms with Crippen molar-refractivity contribution in [1.82, 2.24) is 4.90 Å². The zero-order valence-electron chi connectivity index (χ0n) is 11.3. The van der Waals surface area contributed by atoms with Crippen LogP contribution in [0.15, 0.2) is 24.3 Å². The van der Waals surface area contributed by atoms with Crippen molar-refractivity contribution in [2.75, 3.05) is 6.54 Å². The van der Waals surface area contributed by atoms with Crippen molar-refractivity contribution in [3.05, 3.63) is 35.4 Å². The molecule has 0 heterocycles. The van der Waals surface area contributed by atoms with Gasteiger partial charge in [0.2, 0.25) is 0 Å². The summed E-state index contributed by atoms with van der Waals surface area (Å²) in [7, 11) is 0. The van der Waals surface area contributed by atoms with Gasteiger partial charge in [-0.05, 0) is 31.9 Å². The Morgan fingerprint density at radius 2 is 2.11 bits per heavy atom. The molecule has 0 spiro atoms. The van der Waals surface area contributed by atoms with Crippen LogP contribution in [-0.4, -0.2) is 34.5 Å². The first kappa shape index (κ1) is 13.6. The Kier molecular flexibility index (Phi) is 3.88. The molecular weight excluding hydrogens is 242 g/mol. The number of carbonyl (C=O) groups excluding carboxylic acids is 1. The summed E-state index contributed by atoms with van der Waals surface area (Å²) >= 11 is 0. The number of hydrogen-bond donors (Lipinski definition) is 1. The summed E-state index contributed by atoms with van der Waals surface area (Å²) in [6, 6.07) is 7.65. The molecule has 19 heavy (non-hydrogen) atoms. The minimum absolute atomic E-state index is 0.0562. The van der Waals surface area contributed by atoms with Crippen LogP contribution in [0.2, 0.25) is 0 Å². The molecule has 1 amide bonds. The lowest BCUT2D eigenvalue weighted by molar-refractivity contribution is -0.141. The zero-order chi connectivity index (χ0) is 14.0. The highest BCUT2D eigenvalue weighted by Gasteiger charge is 2.34. The third-order valence-electron chi connectivity index (χ3n) is 3.41. The van der Waals surface area contributed by atoms with Gasteiger partial charge in [0.05, 0.1) is 5.92 Å². The number of aryl methyl sites for hydroxylation is 1. The quantitative estimate of drug-likeness (QED) is 0.885. The molecule has 0 aliphatic heterocycles. The molecule has 1 saturated carbocycles. The third kappa shape index (κ3) is 3.34. The van der Waals surface area contributed by atoms with E-state index in [9.17, 15) is 9.59 Å². The first-order valence-electron chi connectivity index (χ1n) is 6.59. The Morgan fingerprint density at radius 3 is 2.63 bits per heavy atom. The highest BCUT2D eigenvalue weighted by atomic mass is 16.4. The van der Waals surface area contributed by atoms with Gasteiger partial charge in [-0.25, -0.2) is 0 Å². The summed E-state index contributed by atoms with van der Waals surface area (Å²) in [4.78, 5) is 25.1. The van der Waals surface area contributed by atoms with Crippen LogP contribution in [0.4, 0.5) is 0 Å². The average molecular weight is 261 g/mol. The zero-order valence-corrected chi connectivity index (χ0v) is 11.3. The number of rotatable bonds is 5. The molecule has 1 aliphatic carbocycles. The van der Waals surface area contributed by atoms with Gasteiger partial charge in [-0.3, -0.25) is 9.59 Å². The van der Waals surface area contributed by atoms with Crippen LogP contribution in [0.25, 0.3) is 0 Å². The van der Waals surface area contributed by atoms with E-state index in [1.807, 2.05) is 25.1 Å². The van der Waals surface area contributed by atoms with Crippen molar-refractivity contribution in [2.45, 2.75) is 32.7 Å². The van der Waals surface area contributed by atoms with E-state index < -0.39 is 11.9 Å². The lowest BCUT2D eigenvalue weighted by atomic mass is 10.1. The first-order chi connectivity index (χ1) is 8.99. The highest BCUT2D eigenvalue weighted by molar-refractivity contribution is 5.95. The van der Waals surface area contributed by atoms with Gasteiger partial charge in [-0.1, -0.05) is 24.6 Å². The number of nitrogens with zero attached hydrogens (tertiary/aromatic N) is 1. The molecule has 1 aliphatic rings. The molecule has 0 unspecified atom stereocenters. The van der Waals surface area contributed by atoms with Crippen molar-refractivity contribution in [3.63, 3.8) is 0 Å². The van der Waals surface area contributed by atoms with Crippen molar-refractivity contribution in [3.8, 4) is 0 Å². The van der Waals surface area contributed by atoms with Gasteiger partial charge in [-0.15, -0.1) is 0 Å². The highest BCUT2D eigenvalue weighted by Crippen LogP contribution is 2.29. The number of carbonyl (C=O) groups is 2. The lowest BCUT2D eigenvalue weighted by Gasteiger charge is -2.24. The van der Waals surface area contributed by atoms with Crippen LogP contribution >= 0.6 is 0 Å². The number of aliphatic carboxylic acids is 1. The third-order valence-corrected chi connectivity index (χ3v) is 3.41. The fourth-order valence-electron chi connectivity index (χ4n) is 2.10. The van der Waals surface area contributed by atoms with Gasteiger partial charge in [0.15, 0.2) is 0 Å². The minimum Gasteiger partial charge on any atom is -0.481 e. The van der Waals surface area contributed by atoms with Gasteiger partial charge in [0.25, 0.3) is 5.91 Å². The van der Waals surface area contributed by atoms with E-state index in [0.29, 0.717) is 5.56 Å². The molecule has 1 aromatic rings. The predicted octanol–water partition coefficient (Wildman–Crippen LogP) is 2.32. The summed E-state index contributed by atoms with van der Waals surface area (Å²) in [5.41, 5.74) is 1.68. The van der Waals surface area contributed by atoms with Gasteiger partial charge in [0.1, 0.15) is 0 Å². The van der Waals surface area contributed by atoms with E-state index in [-0.39, 0.29) is 18.5 Å². The van der Waals surface area contributed by atoms with E-state index in [2.05, 4.69) is 0 Å². The van der Waals surface area contributed by atoms with Crippen molar-refractivity contribution in [1.29, 1.82) is 0 Å². The second kappa shape index (κ2) is 5.43. The van der Waals surface area contributed by atoms with E-state index in [1.165, 1.54) is 0 Å². The van der Waals surface area contributed by atoms with Crippen molar-refractivity contribution < 1.29 is 14.7 Å². The summed E-state index contributed by atoms with van der Waals surface area (Å²) in [5.74, 6) is -1.45. The number of carboxylic acids is 1. The molecule has 4 nitrogen and oxygen atoms in total. The van der Waals surface area contributed by atoms with E-state index >= 15 is 0 Å². The molecule has 0 bridgehead atoms. The summed E-state index contributed by atoms with van der Waals surface area (Å²) in [6.45, 7) is 3.87. The van der Waals surface area contributed by atoms with Gasteiger partial charge in [0, 0.05) is 18.2 Å². The minimum atomic E-state index is -0.859. The number of benzene rings is 1. The Balaban J connectivity index is 2.15. The fraction of sp³-hybridized carbons (Fsp3) is 0.467. The predicted molar refractivity (Wildman–Crippen MR) is 72.0 cm³/mol. The monoisotopic (exact) mass is 261 g/mol. The normalized spacial score (nSPS) is 15.9. The van der Waals surface area contributed by atoms with Crippen LogP contribution in [0.5, 0.6) is 0 Å². The smallest absolute Gasteiger partial charge is 0.308 e. The molecule has 0 saturated heterocycles. The Labute approximate surface area is 113 Å². The topological polar surface area (TPSA) is 57.6 Å². The molecule has 0 aromatic heterocycles. The van der Waals surface area contributed by atoms with Crippen LogP contribution in [0, 0.1) is 12.8 Å². The standard InChI is InChI=1S/C15H19NO3/c1-10-4-3-5-12(8-10)14(17)16(13-6-7-13)9-11(2)15(18)19/h3-5,8,11,13H,6-7,9H2,1-2H3,(H,18,19)/t11-/m0/s1. The second-order valence-electron chi connectivity index (χ2n) is 5.30. The molecule has 102 valence electrons. The van der Waals surface area contributed by atoms with Gasteiger partial charge >= 0.3 is 5.97 Å². The van der Waals surface area contributed by atoms with Crippen molar-refractivity contribution in [2.24, 2.45) is 5.92 Å². The van der Waals surface area contributed by atoms with Crippen LogP contribution < -0.4 is 0 Å². The van der Waals surface area contributed by atoms with E-state index in [0.717, 1.165) is 18.4 Å². The maximum absolute atomic E-state index is 12.5. The van der Waals surface area contributed by atoms with Crippen molar-refractivity contribution >= 4 is 11.9 Å². The number of hydrogen-bond acceptors (Lipinski definition) is 2. The van der Waals surface area contributed by atoms with E-state index in [1.54, 1.807) is 17.9 Å². The maximum atomic E-state index is 12.5. The summed E-state index contributed by atoms with van der Waals surface area (Å²) < 4.78 is 0. The largest absolute Gasteiger partial charge is 0.481 e. The number of amides is 1. The van der Waals surface area contributed by atoms with Gasteiger partial charge in [-0.2, -0.15) is 0 Å². The molecule has 1 N–H and O–H groups in total. The number of carboxylic acid groups (broad SMARTS) is 1. The molecule has 1 fully saturated rings. The molecule has 1 aromatic carbocycles. The Morgan fingerprint density at radius 1 is 1.42 bits per heavy atom. The molecule has 1 atom stereocenters. The van der Waals surface area contributed by atoms with E-state index in [4.69, 9.17) is 5.11 Å². The second-order valence-corrected chi connectivity index (χ2v) is 5.30.